The second kappa shape index (κ2) is 8.52. The van der Waals surface area contributed by atoms with Crippen LogP contribution in [0.1, 0.15) is 19.4 Å². The highest BCUT2D eigenvalue weighted by atomic mass is 35.5. The lowest BCUT2D eigenvalue weighted by molar-refractivity contribution is -0.137. The first-order chi connectivity index (χ1) is 9.97. The van der Waals surface area contributed by atoms with E-state index in [0.29, 0.717) is 23.9 Å². The summed E-state index contributed by atoms with van der Waals surface area (Å²) < 4.78 is 5.45. The van der Waals surface area contributed by atoms with Crippen LogP contribution in [0.5, 0.6) is 5.75 Å². The van der Waals surface area contributed by atoms with Crippen LogP contribution in [-0.2, 0) is 9.59 Å². The van der Waals surface area contributed by atoms with E-state index in [-0.39, 0.29) is 25.0 Å². The van der Waals surface area contributed by atoms with Gasteiger partial charge >= 0.3 is 0 Å². The molecule has 5 nitrogen and oxygen atoms in total. The van der Waals surface area contributed by atoms with E-state index in [1.165, 1.54) is 4.90 Å². The van der Waals surface area contributed by atoms with Gasteiger partial charge in [-0.1, -0.05) is 11.6 Å². The maximum atomic E-state index is 12.0. The molecule has 0 saturated heterocycles. The molecule has 0 unspecified atom stereocenters. The van der Waals surface area contributed by atoms with Crippen LogP contribution in [-0.4, -0.2) is 43.0 Å². The van der Waals surface area contributed by atoms with Crippen molar-refractivity contribution >= 4 is 23.4 Å². The molecule has 21 heavy (non-hydrogen) atoms. The zero-order valence-corrected chi connectivity index (χ0v) is 13.4. The number of nitrogens with zero attached hydrogens (tertiary/aromatic N) is 1. The summed E-state index contributed by atoms with van der Waals surface area (Å²) in [5, 5.41) is 3.32. The summed E-state index contributed by atoms with van der Waals surface area (Å²) in [5.41, 5.74) is 0.885. The second-order valence-corrected chi connectivity index (χ2v) is 4.97. The van der Waals surface area contributed by atoms with E-state index >= 15 is 0 Å². The third-order valence-electron chi connectivity index (χ3n) is 2.93. The van der Waals surface area contributed by atoms with E-state index in [9.17, 15) is 9.59 Å². The first kappa shape index (κ1) is 17.3. The molecule has 0 radical (unpaired) electrons. The van der Waals surface area contributed by atoms with Gasteiger partial charge in [-0.3, -0.25) is 9.59 Å². The minimum absolute atomic E-state index is 0.0478. The minimum atomic E-state index is -0.226. The quantitative estimate of drug-likeness (QED) is 0.838. The zero-order chi connectivity index (χ0) is 15.8. The molecule has 0 saturated carbocycles. The number of aryl methyl sites for hydroxylation is 1. The number of hydrogen-bond acceptors (Lipinski definition) is 3. The lowest BCUT2D eigenvalue weighted by Crippen LogP contribution is -2.42. The number of hydrogen-bond donors (Lipinski definition) is 1. The fraction of sp³-hybridized carbons (Fsp3) is 0.467. The number of carbonyl (C=O) groups is 2. The van der Waals surface area contributed by atoms with Crippen molar-refractivity contribution < 1.29 is 14.3 Å². The maximum Gasteiger partial charge on any atom is 0.260 e. The fourth-order valence-electron chi connectivity index (χ4n) is 1.75. The molecule has 0 fully saturated rings. The normalized spacial score (nSPS) is 10.1. The topological polar surface area (TPSA) is 58.6 Å². The highest BCUT2D eigenvalue weighted by Crippen LogP contribution is 2.20. The minimum Gasteiger partial charge on any atom is -0.484 e. The zero-order valence-electron chi connectivity index (χ0n) is 12.6. The molecule has 0 heterocycles. The Bertz CT molecular complexity index is 506. The van der Waals surface area contributed by atoms with E-state index in [1.807, 2.05) is 20.8 Å². The number of halogens is 1. The van der Waals surface area contributed by atoms with Crippen molar-refractivity contribution in [1.29, 1.82) is 0 Å². The third kappa shape index (κ3) is 5.63. The summed E-state index contributed by atoms with van der Waals surface area (Å²) in [5.74, 6) is 0.186. The molecule has 2 amide bonds. The van der Waals surface area contributed by atoms with Crippen LogP contribution in [0.2, 0.25) is 5.02 Å². The van der Waals surface area contributed by atoms with E-state index in [4.69, 9.17) is 16.3 Å². The van der Waals surface area contributed by atoms with Crippen molar-refractivity contribution in [3.63, 3.8) is 0 Å². The van der Waals surface area contributed by atoms with Crippen molar-refractivity contribution in [2.75, 3.05) is 26.2 Å². The number of amides is 2. The SMILES string of the molecule is CCNC(=O)CN(CC)C(=O)COc1ccc(Cl)c(C)c1. The van der Waals surface area contributed by atoms with Gasteiger partial charge in [0.1, 0.15) is 5.75 Å². The number of rotatable bonds is 7. The summed E-state index contributed by atoms with van der Waals surface area (Å²) in [6.45, 7) is 6.47. The fourth-order valence-corrected chi connectivity index (χ4v) is 1.86. The number of nitrogens with one attached hydrogen (secondary N) is 1. The molecule has 0 bridgehead atoms. The molecule has 0 spiro atoms. The van der Waals surface area contributed by atoms with Gasteiger partial charge in [0.2, 0.25) is 5.91 Å². The molecule has 0 aliphatic heterocycles. The molecule has 1 N–H and O–H groups in total. The standard InChI is InChI=1S/C15H21ClN2O3/c1-4-17-14(19)9-18(5-2)15(20)10-21-12-6-7-13(16)11(3)8-12/h6-8H,4-5,9-10H2,1-3H3,(H,17,19). The largest absolute Gasteiger partial charge is 0.484 e. The van der Waals surface area contributed by atoms with Crippen LogP contribution in [0, 0.1) is 6.92 Å². The number of ether oxygens (including phenoxy) is 1. The smallest absolute Gasteiger partial charge is 0.260 e. The van der Waals surface area contributed by atoms with Gasteiger partial charge in [0.25, 0.3) is 5.91 Å². The summed E-state index contributed by atoms with van der Waals surface area (Å²) in [7, 11) is 0. The Kier molecular flexibility index (Phi) is 7.02. The lowest BCUT2D eigenvalue weighted by atomic mass is 10.2. The first-order valence-corrected chi connectivity index (χ1v) is 7.29. The molecule has 1 aromatic carbocycles. The number of benzene rings is 1. The van der Waals surface area contributed by atoms with Crippen molar-refractivity contribution in [3.05, 3.63) is 28.8 Å². The van der Waals surface area contributed by atoms with Gasteiger partial charge in [-0.05, 0) is 44.5 Å². The van der Waals surface area contributed by atoms with Crippen LogP contribution >= 0.6 is 11.6 Å². The summed E-state index contributed by atoms with van der Waals surface area (Å²) >= 11 is 5.93. The average molecular weight is 313 g/mol. The first-order valence-electron chi connectivity index (χ1n) is 6.91. The predicted octanol–water partition coefficient (Wildman–Crippen LogP) is 2.01. The maximum absolute atomic E-state index is 12.0. The summed E-state index contributed by atoms with van der Waals surface area (Å²) in [6.07, 6.45) is 0. The van der Waals surface area contributed by atoms with Crippen molar-refractivity contribution in [2.24, 2.45) is 0 Å². The molecule has 0 aromatic heterocycles. The Balaban J connectivity index is 2.54. The Morgan fingerprint density at radius 1 is 1.33 bits per heavy atom. The van der Waals surface area contributed by atoms with Gasteiger partial charge in [0.15, 0.2) is 6.61 Å². The van der Waals surface area contributed by atoms with Crippen LogP contribution in [0.15, 0.2) is 18.2 Å². The molecule has 1 rings (SSSR count). The Labute approximate surface area is 130 Å². The Morgan fingerprint density at radius 2 is 2.05 bits per heavy atom. The highest BCUT2D eigenvalue weighted by Gasteiger charge is 2.15. The van der Waals surface area contributed by atoms with E-state index in [1.54, 1.807) is 18.2 Å². The monoisotopic (exact) mass is 312 g/mol. The molecule has 0 aliphatic carbocycles. The van der Waals surface area contributed by atoms with Crippen LogP contribution in [0.4, 0.5) is 0 Å². The van der Waals surface area contributed by atoms with Crippen molar-refractivity contribution in [1.82, 2.24) is 10.2 Å². The van der Waals surface area contributed by atoms with Gasteiger partial charge in [0, 0.05) is 18.1 Å². The molecule has 1 aromatic rings. The van der Waals surface area contributed by atoms with E-state index in [0.717, 1.165) is 5.56 Å². The molecule has 6 heteroatoms. The van der Waals surface area contributed by atoms with E-state index < -0.39 is 0 Å². The molecular formula is C15H21ClN2O3. The van der Waals surface area contributed by atoms with Crippen LogP contribution in [0.3, 0.4) is 0 Å². The lowest BCUT2D eigenvalue weighted by Gasteiger charge is -2.20. The molecule has 0 aliphatic rings. The second-order valence-electron chi connectivity index (χ2n) is 4.56. The van der Waals surface area contributed by atoms with Crippen molar-refractivity contribution in [2.45, 2.75) is 20.8 Å². The van der Waals surface area contributed by atoms with E-state index in [2.05, 4.69) is 5.32 Å². The van der Waals surface area contributed by atoms with Crippen molar-refractivity contribution in [3.8, 4) is 5.75 Å². The van der Waals surface area contributed by atoms with Gasteiger partial charge in [-0.25, -0.2) is 0 Å². The Morgan fingerprint density at radius 3 is 2.62 bits per heavy atom. The summed E-state index contributed by atoms with van der Waals surface area (Å²) in [6, 6.07) is 5.21. The highest BCUT2D eigenvalue weighted by molar-refractivity contribution is 6.31. The Hall–Kier alpha value is -1.75. The summed E-state index contributed by atoms with van der Waals surface area (Å²) in [4.78, 5) is 25.0. The van der Waals surface area contributed by atoms with Crippen LogP contribution in [0.25, 0.3) is 0 Å². The number of likely N-dealkylation sites (N-methyl/N-ethyl adjacent to an activating group) is 2. The van der Waals surface area contributed by atoms with Gasteiger partial charge in [-0.2, -0.15) is 0 Å². The predicted molar refractivity (Wildman–Crippen MR) is 82.6 cm³/mol. The molecule has 116 valence electrons. The third-order valence-corrected chi connectivity index (χ3v) is 3.36. The van der Waals surface area contributed by atoms with Gasteiger partial charge in [-0.15, -0.1) is 0 Å². The average Bonchev–Trinajstić information content (AvgIpc) is 2.46. The number of carbonyl (C=O) groups excluding carboxylic acids is 2. The molecule has 0 atom stereocenters. The molecular weight excluding hydrogens is 292 g/mol. The van der Waals surface area contributed by atoms with Gasteiger partial charge < -0.3 is 15.0 Å². The van der Waals surface area contributed by atoms with Crippen LogP contribution < -0.4 is 10.1 Å². The van der Waals surface area contributed by atoms with Gasteiger partial charge in [0.05, 0.1) is 6.54 Å².